The zero-order valence-corrected chi connectivity index (χ0v) is 19.2. The van der Waals surface area contributed by atoms with E-state index in [1.165, 1.54) is 0 Å². The molecular weight excluding hydrogens is 414 g/mol. The maximum atomic E-state index is 12.7. The molecule has 0 radical (unpaired) electrons. The molecule has 8 heteroatoms. The number of aliphatic hydroxyl groups excluding tert-OH is 1. The van der Waals surface area contributed by atoms with Gasteiger partial charge in [-0.3, -0.25) is 0 Å². The number of rotatable bonds is 8. The van der Waals surface area contributed by atoms with Crippen molar-refractivity contribution in [1.29, 1.82) is 0 Å². The predicted molar refractivity (Wildman–Crippen MR) is 119 cm³/mol. The molecule has 1 heterocycles. The number of carbonyl (C=O) groups is 1. The number of aliphatic hydroxyl groups is 1. The number of nitrogens with zero attached hydrogens (tertiary/aromatic N) is 1. The van der Waals surface area contributed by atoms with Gasteiger partial charge in [-0.25, -0.2) is 4.79 Å². The van der Waals surface area contributed by atoms with Crippen LogP contribution in [-0.2, 0) is 11.2 Å². The second-order valence-corrected chi connectivity index (χ2v) is 7.43. The summed E-state index contributed by atoms with van der Waals surface area (Å²) in [4.78, 5) is 14.4. The van der Waals surface area contributed by atoms with Crippen LogP contribution in [0.15, 0.2) is 30.3 Å². The molecule has 0 fully saturated rings. The molecule has 1 amide bonds. The highest BCUT2D eigenvalue weighted by Crippen LogP contribution is 2.42. The maximum absolute atomic E-state index is 12.7. The minimum atomic E-state index is -0.851. The third kappa shape index (κ3) is 4.70. The molecule has 0 aliphatic carbocycles. The maximum Gasteiger partial charge on any atom is 0.410 e. The average molecular weight is 446 g/mol. The Bertz CT molecular complexity index is 946. The van der Waals surface area contributed by atoms with Crippen molar-refractivity contribution in [3.63, 3.8) is 0 Å². The minimum absolute atomic E-state index is 0.275. The first-order valence-corrected chi connectivity index (χ1v) is 10.5. The molecule has 0 spiro atoms. The van der Waals surface area contributed by atoms with Crippen LogP contribution in [0.4, 0.5) is 4.79 Å². The highest BCUT2D eigenvalue weighted by atomic mass is 16.6. The lowest BCUT2D eigenvalue weighted by Gasteiger charge is -2.38. The van der Waals surface area contributed by atoms with E-state index in [0.29, 0.717) is 41.5 Å². The molecule has 2 aromatic carbocycles. The van der Waals surface area contributed by atoms with Crippen molar-refractivity contribution in [2.75, 3.05) is 41.6 Å². The average Bonchev–Trinajstić information content (AvgIpc) is 2.82. The molecule has 0 bridgehead atoms. The first-order valence-electron chi connectivity index (χ1n) is 10.5. The molecule has 1 unspecified atom stereocenters. The Kier molecular flexibility index (Phi) is 7.69. The van der Waals surface area contributed by atoms with Crippen molar-refractivity contribution in [3.8, 4) is 23.0 Å². The van der Waals surface area contributed by atoms with Crippen molar-refractivity contribution in [1.82, 2.24) is 4.90 Å². The number of hydrogen-bond donors (Lipinski definition) is 1. The van der Waals surface area contributed by atoms with Gasteiger partial charge in [0.15, 0.2) is 23.0 Å². The summed E-state index contributed by atoms with van der Waals surface area (Å²) in [5.41, 5.74) is 2.62. The molecule has 0 saturated carbocycles. The quantitative estimate of drug-likeness (QED) is 0.659. The SMILES string of the molecule is CCOC(=O)N1CCc2cc(OC)c(OC)cc2[C@@H]1CC(O)c1ccc(OC)c(OC)c1. The molecule has 1 aliphatic heterocycles. The summed E-state index contributed by atoms with van der Waals surface area (Å²) in [5.74, 6) is 2.32. The number of hydrogen-bond acceptors (Lipinski definition) is 7. The molecule has 1 N–H and O–H groups in total. The lowest BCUT2D eigenvalue weighted by atomic mass is 9.87. The van der Waals surface area contributed by atoms with E-state index in [-0.39, 0.29) is 13.0 Å². The van der Waals surface area contributed by atoms with E-state index in [1.54, 1.807) is 58.5 Å². The number of carbonyl (C=O) groups excluding carboxylic acids is 1. The molecule has 2 aromatic rings. The monoisotopic (exact) mass is 445 g/mol. The van der Waals surface area contributed by atoms with Gasteiger partial charge in [-0.2, -0.15) is 0 Å². The van der Waals surface area contributed by atoms with Crippen molar-refractivity contribution in [2.24, 2.45) is 0 Å². The molecule has 174 valence electrons. The number of fused-ring (bicyclic) bond motifs is 1. The van der Waals surface area contributed by atoms with E-state index in [4.69, 9.17) is 23.7 Å². The van der Waals surface area contributed by atoms with E-state index in [2.05, 4.69) is 0 Å². The van der Waals surface area contributed by atoms with Gasteiger partial charge in [0.1, 0.15) is 0 Å². The van der Waals surface area contributed by atoms with Gasteiger partial charge in [-0.05, 0) is 54.3 Å². The van der Waals surface area contributed by atoms with Gasteiger partial charge in [-0.15, -0.1) is 0 Å². The van der Waals surface area contributed by atoms with Gasteiger partial charge in [0, 0.05) is 13.0 Å². The Morgan fingerprint density at radius 3 is 2.25 bits per heavy atom. The molecule has 0 aromatic heterocycles. The number of amides is 1. The molecule has 1 aliphatic rings. The van der Waals surface area contributed by atoms with Gasteiger partial charge >= 0.3 is 6.09 Å². The normalized spacial score (nSPS) is 16.1. The fraction of sp³-hybridized carbons (Fsp3) is 0.458. The lowest BCUT2D eigenvalue weighted by Crippen LogP contribution is -2.41. The second-order valence-electron chi connectivity index (χ2n) is 7.43. The van der Waals surface area contributed by atoms with Crippen LogP contribution in [-0.4, -0.2) is 57.7 Å². The zero-order valence-electron chi connectivity index (χ0n) is 19.2. The minimum Gasteiger partial charge on any atom is -0.493 e. The van der Waals surface area contributed by atoms with Gasteiger partial charge in [0.05, 0.1) is 47.2 Å². The van der Waals surface area contributed by atoms with Crippen molar-refractivity contribution < 1.29 is 33.6 Å². The van der Waals surface area contributed by atoms with Crippen LogP contribution in [0.25, 0.3) is 0 Å². The molecule has 3 rings (SSSR count). The number of ether oxygens (including phenoxy) is 5. The van der Waals surface area contributed by atoms with E-state index in [1.807, 2.05) is 12.1 Å². The fourth-order valence-corrected chi connectivity index (χ4v) is 4.11. The number of methoxy groups -OCH3 is 4. The summed E-state index contributed by atoms with van der Waals surface area (Å²) in [6, 6.07) is 8.71. The topological polar surface area (TPSA) is 86.7 Å². The Morgan fingerprint density at radius 1 is 1.00 bits per heavy atom. The fourth-order valence-electron chi connectivity index (χ4n) is 4.11. The summed E-state index contributed by atoms with van der Waals surface area (Å²) in [7, 11) is 6.28. The smallest absolute Gasteiger partial charge is 0.410 e. The Balaban J connectivity index is 1.99. The first kappa shape index (κ1) is 23.5. The summed E-state index contributed by atoms with van der Waals surface area (Å²) in [6.45, 7) is 2.53. The highest BCUT2D eigenvalue weighted by molar-refractivity contribution is 5.69. The lowest BCUT2D eigenvalue weighted by molar-refractivity contribution is 0.0643. The van der Waals surface area contributed by atoms with Crippen LogP contribution in [0.2, 0.25) is 0 Å². The van der Waals surface area contributed by atoms with Crippen LogP contribution >= 0.6 is 0 Å². The van der Waals surface area contributed by atoms with Gasteiger partial charge < -0.3 is 33.7 Å². The Morgan fingerprint density at radius 2 is 1.62 bits per heavy atom. The van der Waals surface area contributed by atoms with Crippen LogP contribution in [0.3, 0.4) is 0 Å². The van der Waals surface area contributed by atoms with Crippen molar-refractivity contribution in [2.45, 2.75) is 31.9 Å². The van der Waals surface area contributed by atoms with Gasteiger partial charge in [0.25, 0.3) is 0 Å². The molecule has 0 saturated heterocycles. The van der Waals surface area contributed by atoms with Crippen LogP contribution in [0.5, 0.6) is 23.0 Å². The first-order chi connectivity index (χ1) is 15.5. The summed E-state index contributed by atoms with van der Waals surface area (Å²) in [6.07, 6.45) is -0.331. The predicted octanol–water partition coefficient (Wildman–Crippen LogP) is 3.90. The van der Waals surface area contributed by atoms with Crippen molar-refractivity contribution in [3.05, 3.63) is 47.0 Å². The van der Waals surface area contributed by atoms with Gasteiger partial charge in [0.2, 0.25) is 0 Å². The van der Waals surface area contributed by atoms with Crippen LogP contribution < -0.4 is 18.9 Å². The standard InChI is InChI=1S/C24H31NO7/c1-6-32-24(27)25-10-9-15-11-22(30-4)23(31-5)13-17(15)18(25)14-19(26)16-7-8-20(28-2)21(12-16)29-3/h7-8,11-13,18-19,26H,6,9-10,14H2,1-5H3/t18-,19?/m0/s1. The molecule has 8 nitrogen and oxygen atoms in total. The van der Waals surface area contributed by atoms with E-state index < -0.39 is 18.2 Å². The highest BCUT2D eigenvalue weighted by Gasteiger charge is 2.34. The van der Waals surface area contributed by atoms with E-state index in [0.717, 1.165) is 11.1 Å². The van der Waals surface area contributed by atoms with Crippen LogP contribution in [0, 0.1) is 0 Å². The van der Waals surface area contributed by atoms with E-state index in [9.17, 15) is 9.90 Å². The van der Waals surface area contributed by atoms with Crippen LogP contribution in [0.1, 0.15) is 42.2 Å². The Labute approximate surface area is 188 Å². The second kappa shape index (κ2) is 10.5. The zero-order chi connectivity index (χ0) is 23.3. The summed E-state index contributed by atoms with van der Waals surface area (Å²) in [5, 5.41) is 11.1. The molecular formula is C24H31NO7. The van der Waals surface area contributed by atoms with Gasteiger partial charge in [-0.1, -0.05) is 6.07 Å². The third-order valence-electron chi connectivity index (χ3n) is 5.74. The van der Waals surface area contributed by atoms with E-state index >= 15 is 0 Å². The Hall–Kier alpha value is -3.13. The third-order valence-corrected chi connectivity index (χ3v) is 5.74. The summed E-state index contributed by atoms with van der Waals surface area (Å²) < 4.78 is 26.9. The molecule has 2 atom stereocenters. The largest absolute Gasteiger partial charge is 0.493 e. The molecule has 32 heavy (non-hydrogen) atoms. The van der Waals surface area contributed by atoms with Crippen molar-refractivity contribution >= 4 is 6.09 Å². The number of benzene rings is 2. The summed E-state index contributed by atoms with van der Waals surface area (Å²) >= 11 is 0.